The summed E-state index contributed by atoms with van der Waals surface area (Å²) in [7, 11) is 0. The van der Waals surface area contributed by atoms with Crippen molar-refractivity contribution >= 4 is 5.91 Å². The standard InChI is InChI=1S/C10H17N3O2/c1-7(2)3-9(6-14)13-10(15)8-4-11-12-5-8/h4-5,7,9,14H,3,6H2,1-2H3,(H,11,12)(H,13,15). The third-order valence-electron chi connectivity index (χ3n) is 2.07. The Balaban J connectivity index is 2.48. The van der Waals surface area contributed by atoms with E-state index in [4.69, 9.17) is 5.11 Å². The van der Waals surface area contributed by atoms with Crippen molar-refractivity contribution in [2.45, 2.75) is 26.3 Å². The van der Waals surface area contributed by atoms with Crippen LogP contribution in [0, 0.1) is 5.92 Å². The number of nitrogens with zero attached hydrogens (tertiary/aromatic N) is 1. The number of hydrogen-bond donors (Lipinski definition) is 3. The minimum absolute atomic E-state index is 0.0399. The van der Waals surface area contributed by atoms with Gasteiger partial charge in [-0.15, -0.1) is 0 Å². The second-order valence-corrected chi connectivity index (χ2v) is 3.97. The van der Waals surface area contributed by atoms with Gasteiger partial charge in [0, 0.05) is 6.20 Å². The van der Waals surface area contributed by atoms with Crippen molar-refractivity contribution in [1.29, 1.82) is 0 Å². The number of aromatic amines is 1. The van der Waals surface area contributed by atoms with Crippen LogP contribution < -0.4 is 5.32 Å². The molecule has 1 rings (SSSR count). The van der Waals surface area contributed by atoms with Crippen molar-refractivity contribution < 1.29 is 9.90 Å². The first-order valence-corrected chi connectivity index (χ1v) is 5.04. The van der Waals surface area contributed by atoms with Gasteiger partial charge in [-0.3, -0.25) is 9.89 Å². The van der Waals surface area contributed by atoms with Crippen molar-refractivity contribution in [1.82, 2.24) is 15.5 Å². The van der Waals surface area contributed by atoms with Crippen molar-refractivity contribution in [3.05, 3.63) is 18.0 Å². The van der Waals surface area contributed by atoms with Gasteiger partial charge in [-0.2, -0.15) is 5.10 Å². The molecular formula is C10H17N3O2. The van der Waals surface area contributed by atoms with Gasteiger partial charge in [0.05, 0.1) is 24.4 Å². The first kappa shape index (κ1) is 11.7. The Labute approximate surface area is 88.9 Å². The number of hydrogen-bond acceptors (Lipinski definition) is 3. The van der Waals surface area contributed by atoms with E-state index in [1.807, 2.05) is 13.8 Å². The van der Waals surface area contributed by atoms with Crippen molar-refractivity contribution in [2.24, 2.45) is 5.92 Å². The SMILES string of the molecule is CC(C)CC(CO)NC(=O)c1cn[nH]c1. The summed E-state index contributed by atoms with van der Waals surface area (Å²) in [4.78, 5) is 11.6. The highest BCUT2D eigenvalue weighted by Gasteiger charge is 2.14. The number of aromatic nitrogens is 2. The lowest BCUT2D eigenvalue weighted by Gasteiger charge is -2.17. The number of rotatable bonds is 5. The maximum Gasteiger partial charge on any atom is 0.254 e. The van der Waals surface area contributed by atoms with Gasteiger partial charge in [0.1, 0.15) is 0 Å². The molecule has 0 aliphatic carbocycles. The molecule has 0 aliphatic rings. The molecule has 1 amide bonds. The van der Waals surface area contributed by atoms with Gasteiger partial charge >= 0.3 is 0 Å². The zero-order valence-electron chi connectivity index (χ0n) is 9.03. The number of carbonyl (C=O) groups is 1. The highest BCUT2D eigenvalue weighted by atomic mass is 16.3. The number of amides is 1. The van der Waals surface area contributed by atoms with Crippen LogP contribution in [-0.2, 0) is 0 Å². The summed E-state index contributed by atoms with van der Waals surface area (Å²) in [5.74, 6) is 0.232. The molecule has 1 aromatic rings. The quantitative estimate of drug-likeness (QED) is 0.665. The molecule has 0 aromatic carbocycles. The fraction of sp³-hybridized carbons (Fsp3) is 0.600. The van der Waals surface area contributed by atoms with E-state index in [9.17, 15) is 4.79 Å². The van der Waals surface area contributed by atoms with E-state index in [2.05, 4.69) is 15.5 Å². The minimum atomic E-state index is -0.205. The number of aliphatic hydroxyl groups excluding tert-OH is 1. The van der Waals surface area contributed by atoms with Crippen LogP contribution in [-0.4, -0.2) is 33.9 Å². The fourth-order valence-corrected chi connectivity index (χ4v) is 1.39. The maximum absolute atomic E-state index is 11.6. The second kappa shape index (κ2) is 5.50. The molecule has 0 aliphatic heterocycles. The summed E-state index contributed by atoms with van der Waals surface area (Å²) in [6.07, 6.45) is 3.75. The molecule has 84 valence electrons. The highest BCUT2D eigenvalue weighted by molar-refractivity contribution is 5.93. The Bertz CT molecular complexity index is 296. The molecule has 0 radical (unpaired) electrons. The van der Waals surface area contributed by atoms with E-state index in [0.717, 1.165) is 6.42 Å². The van der Waals surface area contributed by atoms with Crippen LogP contribution in [0.3, 0.4) is 0 Å². The van der Waals surface area contributed by atoms with Crippen LogP contribution in [0.1, 0.15) is 30.6 Å². The van der Waals surface area contributed by atoms with Crippen LogP contribution in [0.2, 0.25) is 0 Å². The molecule has 0 spiro atoms. The van der Waals surface area contributed by atoms with Crippen molar-refractivity contribution in [3.8, 4) is 0 Å². The minimum Gasteiger partial charge on any atom is -0.394 e. The molecule has 0 saturated carbocycles. The maximum atomic E-state index is 11.6. The number of aliphatic hydroxyl groups is 1. The zero-order valence-corrected chi connectivity index (χ0v) is 9.03. The van der Waals surface area contributed by atoms with Gasteiger partial charge in [0.25, 0.3) is 5.91 Å². The summed E-state index contributed by atoms with van der Waals surface area (Å²) >= 11 is 0. The summed E-state index contributed by atoms with van der Waals surface area (Å²) in [6.45, 7) is 4.06. The number of nitrogens with one attached hydrogen (secondary N) is 2. The zero-order chi connectivity index (χ0) is 11.3. The van der Waals surface area contributed by atoms with E-state index in [0.29, 0.717) is 11.5 Å². The van der Waals surface area contributed by atoms with Gasteiger partial charge < -0.3 is 10.4 Å². The molecule has 1 unspecified atom stereocenters. The molecule has 1 atom stereocenters. The summed E-state index contributed by atoms with van der Waals surface area (Å²) in [6, 6.07) is -0.188. The second-order valence-electron chi connectivity index (χ2n) is 3.97. The molecule has 0 fully saturated rings. The van der Waals surface area contributed by atoms with E-state index in [-0.39, 0.29) is 18.6 Å². The van der Waals surface area contributed by atoms with E-state index >= 15 is 0 Å². The smallest absolute Gasteiger partial charge is 0.254 e. The normalized spacial score (nSPS) is 12.8. The summed E-state index contributed by atoms with van der Waals surface area (Å²) in [5, 5.41) is 18.1. The van der Waals surface area contributed by atoms with Crippen molar-refractivity contribution in [3.63, 3.8) is 0 Å². The Hall–Kier alpha value is -1.36. The molecule has 5 nitrogen and oxygen atoms in total. The Morgan fingerprint density at radius 1 is 1.67 bits per heavy atom. The van der Waals surface area contributed by atoms with Crippen LogP contribution >= 0.6 is 0 Å². The molecule has 5 heteroatoms. The van der Waals surface area contributed by atoms with Gasteiger partial charge in [0.2, 0.25) is 0 Å². The largest absolute Gasteiger partial charge is 0.394 e. The lowest BCUT2D eigenvalue weighted by molar-refractivity contribution is 0.0908. The highest BCUT2D eigenvalue weighted by Crippen LogP contribution is 2.05. The first-order chi connectivity index (χ1) is 7.13. The van der Waals surface area contributed by atoms with E-state index in [1.54, 1.807) is 0 Å². The fourth-order valence-electron chi connectivity index (χ4n) is 1.39. The van der Waals surface area contributed by atoms with Crippen LogP contribution in [0.15, 0.2) is 12.4 Å². The average molecular weight is 211 g/mol. The van der Waals surface area contributed by atoms with E-state index in [1.165, 1.54) is 12.4 Å². The molecule has 1 aromatic heterocycles. The Morgan fingerprint density at radius 3 is 2.87 bits per heavy atom. The van der Waals surface area contributed by atoms with Crippen LogP contribution in [0.5, 0.6) is 0 Å². The predicted molar refractivity (Wildman–Crippen MR) is 56.4 cm³/mol. The van der Waals surface area contributed by atoms with Gasteiger partial charge in [-0.25, -0.2) is 0 Å². The third kappa shape index (κ3) is 3.71. The summed E-state index contributed by atoms with van der Waals surface area (Å²) < 4.78 is 0. The number of H-pyrrole nitrogens is 1. The average Bonchev–Trinajstić information content (AvgIpc) is 2.68. The lowest BCUT2D eigenvalue weighted by atomic mass is 10.0. The van der Waals surface area contributed by atoms with E-state index < -0.39 is 0 Å². The Kier molecular flexibility index (Phi) is 4.30. The molecular weight excluding hydrogens is 194 g/mol. The van der Waals surface area contributed by atoms with Crippen molar-refractivity contribution in [2.75, 3.05) is 6.61 Å². The molecule has 3 N–H and O–H groups in total. The first-order valence-electron chi connectivity index (χ1n) is 5.04. The third-order valence-corrected chi connectivity index (χ3v) is 2.07. The topological polar surface area (TPSA) is 78.0 Å². The number of carbonyl (C=O) groups excluding carboxylic acids is 1. The molecule has 1 heterocycles. The Morgan fingerprint density at radius 2 is 2.40 bits per heavy atom. The molecule has 0 bridgehead atoms. The monoisotopic (exact) mass is 211 g/mol. The van der Waals surface area contributed by atoms with Crippen LogP contribution in [0.4, 0.5) is 0 Å². The van der Waals surface area contributed by atoms with Gasteiger partial charge in [0.15, 0.2) is 0 Å². The van der Waals surface area contributed by atoms with Crippen LogP contribution in [0.25, 0.3) is 0 Å². The van der Waals surface area contributed by atoms with Gasteiger partial charge in [-0.1, -0.05) is 13.8 Å². The van der Waals surface area contributed by atoms with Gasteiger partial charge in [-0.05, 0) is 12.3 Å². The predicted octanol–water partition coefficient (Wildman–Crippen LogP) is 0.546. The molecule has 15 heavy (non-hydrogen) atoms. The summed E-state index contributed by atoms with van der Waals surface area (Å²) in [5.41, 5.74) is 0.484. The lowest BCUT2D eigenvalue weighted by Crippen LogP contribution is -2.38. The molecule has 0 saturated heterocycles.